The second-order valence-corrected chi connectivity index (χ2v) is 8.52. The van der Waals surface area contributed by atoms with E-state index in [1.165, 1.54) is 6.07 Å². The first-order valence-corrected chi connectivity index (χ1v) is 10.9. The Morgan fingerprint density at radius 2 is 1.77 bits per heavy atom. The Balaban J connectivity index is 1.54. The van der Waals surface area contributed by atoms with Crippen molar-refractivity contribution in [1.29, 1.82) is 0 Å². The lowest BCUT2D eigenvalue weighted by Gasteiger charge is -2.27. The molecular weight excluding hydrogens is 433 g/mol. The molecule has 2 fully saturated rings. The number of carbonyl (C=O) groups is 2. The Morgan fingerprint density at radius 1 is 1.06 bits per heavy atom. The van der Waals surface area contributed by atoms with E-state index in [0.717, 1.165) is 51.0 Å². The van der Waals surface area contributed by atoms with Gasteiger partial charge in [0.2, 0.25) is 11.8 Å². The topological polar surface area (TPSA) is 55.9 Å². The van der Waals surface area contributed by atoms with Gasteiger partial charge in [0, 0.05) is 38.4 Å². The molecule has 2 heterocycles. The van der Waals surface area contributed by atoms with Crippen LogP contribution in [0.3, 0.4) is 0 Å². The molecule has 0 aliphatic carbocycles. The number of likely N-dealkylation sites (tertiary alicyclic amines) is 1. The predicted molar refractivity (Wildman–Crippen MR) is 113 cm³/mol. The Bertz CT molecular complexity index is 799. The monoisotopic (exact) mass is 460 g/mol. The molecule has 1 N–H and O–H groups in total. The number of nitrogens with one attached hydrogen (secondary N) is 1. The number of anilines is 1. The van der Waals surface area contributed by atoms with Crippen LogP contribution in [0.25, 0.3) is 0 Å². The molecule has 0 aromatic heterocycles. The molecule has 2 amide bonds. The first kappa shape index (κ1) is 23.8. The van der Waals surface area contributed by atoms with Gasteiger partial charge in [-0.2, -0.15) is 13.2 Å². The van der Waals surface area contributed by atoms with Gasteiger partial charge in [0.15, 0.2) is 0 Å². The molecule has 0 bridgehead atoms. The van der Waals surface area contributed by atoms with Crippen LogP contribution in [0.4, 0.5) is 18.9 Å². The quantitative estimate of drug-likeness (QED) is 0.732. The molecule has 6 nitrogen and oxygen atoms in total. The standard InChI is InChI=1S/C21H28ClF3N4O2/c1-15(20(31)26-16-5-6-18(22)17(13-16)21(23,24)25)28-10-4-7-27(11-12-28)14-19(30)29-8-2-3-9-29/h5-6,13,15H,2-4,7-12,14H2,1H3,(H,26,31)/t15-/m1/s1. The van der Waals surface area contributed by atoms with Crippen molar-refractivity contribution in [3.8, 4) is 0 Å². The fourth-order valence-corrected chi connectivity index (χ4v) is 4.25. The normalized spacial score (nSPS) is 19.8. The molecule has 0 radical (unpaired) electrons. The third-order valence-corrected chi connectivity index (χ3v) is 6.24. The van der Waals surface area contributed by atoms with Crippen LogP contribution in [0.2, 0.25) is 5.02 Å². The third kappa shape index (κ3) is 6.33. The average Bonchev–Trinajstić information content (AvgIpc) is 3.15. The Labute approximate surface area is 185 Å². The Kier molecular flexibility index (Phi) is 7.82. The number of nitrogens with zero attached hydrogens (tertiary/aromatic N) is 3. The molecule has 1 atom stereocenters. The number of halogens is 4. The van der Waals surface area contributed by atoms with Crippen molar-refractivity contribution in [2.75, 3.05) is 51.1 Å². The summed E-state index contributed by atoms with van der Waals surface area (Å²) in [5.74, 6) is -0.225. The van der Waals surface area contributed by atoms with Crippen molar-refractivity contribution in [3.05, 3.63) is 28.8 Å². The molecule has 2 aliphatic rings. The SMILES string of the molecule is C[C@H](C(=O)Nc1ccc(Cl)c(C(F)(F)F)c1)N1CCCN(CC(=O)N2CCCC2)CC1. The highest BCUT2D eigenvalue weighted by atomic mass is 35.5. The van der Waals surface area contributed by atoms with Crippen LogP contribution in [-0.2, 0) is 15.8 Å². The van der Waals surface area contributed by atoms with E-state index < -0.39 is 22.8 Å². The van der Waals surface area contributed by atoms with Gasteiger partial charge in [-0.15, -0.1) is 0 Å². The van der Waals surface area contributed by atoms with Gasteiger partial charge >= 0.3 is 6.18 Å². The van der Waals surface area contributed by atoms with Gasteiger partial charge in [-0.05, 0) is 50.9 Å². The number of alkyl halides is 3. The lowest BCUT2D eigenvalue weighted by molar-refractivity contribution is -0.137. The summed E-state index contributed by atoms with van der Waals surface area (Å²) in [5, 5.41) is 2.16. The van der Waals surface area contributed by atoms with E-state index in [1.54, 1.807) is 6.92 Å². The van der Waals surface area contributed by atoms with Gasteiger partial charge in [-0.3, -0.25) is 19.4 Å². The summed E-state index contributed by atoms with van der Waals surface area (Å²) >= 11 is 5.64. The first-order chi connectivity index (χ1) is 14.6. The number of hydrogen-bond acceptors (Lipinski definition) is 4. The largest absolute Gasteiger partial charge is 0.417 e. The van der Waals surface area contributed by atoms with Gasteiger partial charge in [-0.25, -0.2) is 0 Å². The van der Waals surface area contributed by atoms with Gasteiger partial charge in [-0.1, -0.05) is 11.6 Å². The minimum absolute atomic E-state index is 0.0567. The molecular formula is C21H28ClF3N4O2. The summed E-state index contributed by atoms with van der Waals surface area (Å²) in [6.07, 6.45) is -1.66. The van der Waals surface area contributed by atoms with Crippen LogP contribution in [0.5, 0.6) is 0 Å². The van der Waals surface area contributed by atoms with Crippen LogP contribution in [0.1, 0.15) is 31.7 Å². The summed E-state index contributed by atoms with van der Waals surface area (Å²) in [6, 6.07) is 2.82. The highest BCUT2D eigenvalue weighted by Gasteiger charge is 2.34. The number of rotatable bonds is 5. The molecule has 1 aromatic carbocycles. The van der Waals surface area contributed by atoms with E-state index in [0.29, 0.717) is 26.2 Å². The number of amides is 2. The van der Waals surface area contributed by atoms with Crippen molar-refractivity contribution in [3.63, 3.8) is 0 Å². The lowest BCUT2D eigenvalue weighted by atomic mass is 10.1. The molecule has 3 rings (SSSR count). The first-order valence-electron chi connectivity index (χ1n) is 10.6. The van der Waals surface area contributed by atoms with Crippen molar-refractivity contribution in [2.45, 2.75) is 38.4 Å². The zero-order valence-electron chi connectivity index (χ0n) is 17.6. The zero-order valence-corrected chi connectivity index (χ0v) is 18.3. The van der Waals surface area contributed by atoms with Crippen molar-refractivity contribution in [2.24, 2.45) is 0 Å². The summed E-state index contributed by atoms with van der Waals surface area (Å²) in [4.78, 5) is 31.1. The van der Waals surface area contributed by atoms with Gasteiger partial charge < -0.3 is 10.2 Å². The van der Waals surface area contributed by atoms with Crippen molar-refractivity contribution in [1.82, 2.24) is 14.7 Å². The number of benzene rings is 1. The van der Waals surface area contributed by atoms with Crippen LogP contribution < -0.4 is 5.32 Å². The minimum atomic E-state index is -4.59. The van der Waals surface area contributed by atoms with Gasteiger partial charge in [0.05, 0.1) is 23.2 Å². The van der Waals surface area contributed by atoms with Crippen LogP contribution >= 0.6 is 11.6 Å². The molecule has 172 valence electrons. The predicted octanol–water partition coefficient (Wildman–Crippen LogP) is 3.32. The Hall–Kier alpha value is -1.84. The Morgan fingerprint density at radius 3 is 2.45 bits per heavy atom. The number of hydrogen-bond donors (Lipinski definition) is 1. The minimum Gasteiger partial charge on any atom is -0.342 e. The molecule has 31 heavy (non-hydrogen) atoms. The maximum atomic E-state index is 13.0. The van der Waals surface area contributed by atoms with Crippen LogP contribution in [0, 0.1) is 0 Å². The maximum Gasteiger partial charge on any atom is 0.417 e. The summed E-state index contributed by atoms with van der Waals surface area (Å²) < 4.78 is 39.1. The van der Waals surface area contributed by atoms with Gasteiger partial charge in [0.1, 0.15) is 0 Å². The molecule has 2 saturated heterocycles. The highest BCUT2D eigenvalue weighted by molar-refractivity contribution is 6.31. The van der Waals surface area contributed by atoms with E-state index >= 15 is 0 Å². The molecule has 10 heteroatoms. The lowest BCUT2D eigenvalue weighted by Crippen LogP contribution is -2.44. The van der Waals surface area contributed by atoms with E-state index in [1.807, 2.05) is 9.80 Å². The summed E-state index contributed by atoms with van der Waals surface area (Å²) in [6.45, 7) is 6.51. The summed E-state index contributed by atoms with van der Waals surface area (Å²) in [5.41, 5.74) is -0.922. The van der Waals surface area contributed by atoms with E-state index in [-0.39, 0.29) is 17.5 Å². The van der Waals surface area contributed by atoms with E-state index in [9.17, 15) is 22.8 Å². The fraction of sp³-hybridized carbons (Fsp3) is 0.619. The smallest absolute Gasteiger partial charge is 0.342 e. The van der Waals surface area contributed by atoms with Crippen molar-refractivity contribution < 1.29 is 22.8 Å². The second kappa shape index (κ2) is 10.2. The molecule has 0 spiro atoms. The summed E-state index contributed by atoms with van der Waals surface area (Å²) in [7, 11) is 0. The number of carbonyl (C=O) groups excluding carboxylic acids is 2. The average molecular weight is 461 g/mol. The zero-order chi connectivity index (χ0) is 22.6. The van der Waals surface area contributed by atoms with E-state index in [4.69, 9.17) is 11.6 Å². The fourth-order valence-electron chi connectivity index (χ4n) is 4.03. The van der Waals surface area contributed by atoms with Crippen LogP contribution in [0.15, 0.2) is 18.2 Å². The molecule has 1 aromatic rings. The second-order valence-electron chi connectivity index (χ2n) is 8.11. The third-order valence-electron chi connectivity index (χ3n) is 5.91. The molecule has 2 aliphatic heterocycles. The molecule has 0 saturated carbocycles. The van der Waals surface area contributed by atoms with Gasteiger partial charge in [0.25, 0.3) is 0 Å². The van der Waals surface area contributed by atoms with E-state index in [2.05, 4.69) is 10.2 Å². The van der Waals surface area contributed by atoms with Crippen LogP contribution in [-0.4, -0.2) is 78.4 Å². The highest BCUT2D eigenvalue weighted by Crippen LogP contribution is 2.36. The maximum absolute atomic E-state index is 13.0. The van der Waals surface area contributed by atoms with Crippen molar-refractivity contribution >= 4 is 29.1 Å². The molecule has 0 unspecified atom stereocenters.